The lowest BCUT2D eigenvalue weighted by Gasteiger charge is -2.30. The molecule has 5 heteroatoms. The molecule has 2 rings (SSSR count). The highest BCUT2D eigenvalue weighted by atomic mass is 16.2. The predicted octanol–water partition coefficient (Wildman–Crippen LogP) is 2.44. The molecule has 1 aliphatic rings. The Labute approximate surface area is 132 Å². The van der Waals surface area contributed by atoms with Crippen molar-refractivity contribution in [2.75, 3.05) is 26.2 Å². The van der Waals surface area contributed by atoms with Crippen LogP contribution in [0.5, 0.6) is 0 Å². The molecule has 0 N–H and O–H groups in total. The molecule has 1 aromatic heterocycles. The fraction of sp³-hybridized carbons (Fsp3) is 0.588. The monoisotopic (exact) mass is 303 g/mol. The Kier molecular flexibility index (Phi) is 5.52. The van der Waals surface area contributed by atoms with E-state index in [1.165, 1.54) is 0 Å². The first-order valence-electron chi connectivity index (χ1n) is 8.11. The van der Waals surface area contributed by atoms with Crippen LogP contribution in [0, 0.1) is 5.92 Å². The molecule has 1 saturated heterocycles. The third-order valence-electron chi connectivity index (χ3n) is 4.22. The summed E-state index contributed by atoms with van der Waals surface area (Å²) in [6, 6.07) is 3.30. The van der Waals surface area contributed by atoms with E-state index in [1.54, 1.807) is 23.2 Å². The smallest absolute Gasteiger partial charge is 0.272 e. The van der Waals surface area contributed by atoms with Crippen LogP contribution in [0.4, 0.5) is 0 Å². The van der Waals surface area contributed by atoms with Gasteiger partial charge in [0.2, 0.25) is 0 Å². The Morgan fingerprint density at radius 2 is 2.09 bits per heavy atom. The molecular weight excluding hydrogens is 278 g/mol. The Morgan fingerprint density at radius 1 is 1.36 bits per heavy atom. The van der Waals surface area contributed by atoms with Gasteiger partial charge in [-0.3, -0.25) is 14.6 Å². The van der Waals surface area contributed by atoms with Crippen LogP contribution in [0.2, 0.25) is 0 Å². The molecule has 0 aliphatic carbocycles. The normalized spacial score (nSPS) is 18.1. The van der Waals surface area contributed by atoms with Gasteiger partial charge in [-0.15, -0.1) is 0 Å². The summed E-state index contributed by atoms with van der Waals surface area (Å²) in [7, 11) is 0. The highest BCUT2D eigenvalue weighted by Gasteiger charge is 2.24. The van der Waals surface area contributed by atoms with Gasteiger partial charge in [-0.2, -0.15) is 0 Å². The van der Waals surface area contributed by atoms with Crippen molar-refractivity contribution in [1.29, 1.82) is 0 Å². The SMILES string of the molecule is CCN(CC)C(=O)c1ccnc(C(=O)N2CCCC(C)C2)c1. The highest BCUT2D eigenvalue weighted by Crippen LogP contribution is 2.18. The minimum Gasteiger partial charge on any atom is -0.339 e. The second kappa shape index (κ2) is 7.38. The maximum atomic E-state index is 12.6. The fourth-order valence-electron chi connectivity index (χ4n) is 2.91. The molecule has 120 valence electrons. The lowest BCUT2D eigenvalue weighted by Crippen LogP contribution is -2.39. The van der Waals surface area contributed by atoms with Crippen molar-refractivity contribution in [3.05, 3.63) is 29.6 Å². The van der Waals surface area contributed by atoms with Crippen LogP contribution in [0.3, 0.4) is 0 Å². The van der Waals surface area contributed by atoms with E-state index in [0.717, 1.165) is 25.9 Å². The Bertz CT molecular complexity index is 540. The van der Waals surface area contributed by atoms with E-state index >= 15 is 0 Å². The van der Waals surface area contributed by atoms with Crippen LogP contribution in [-0.4, -0.2) is 52.8 Å². The number of carbonyl (C=O) groups excluding carboxylic acids is 2. The third-order valence-corrected chi connectivity index (χ3v) is 4.22. The first-order valence-corrected chi connectivity index (χ1v) is 8.11. The number of amides is 2. The molecule has 0 saturated carbocycles. The molecule has 0 radical (unpaired) electrons. The van der Waals surface area contributed by atoms with Gasteiger partial charge in [0.25, 0.3) is 11.8 Å². The van der Waals surface area contributed by atoms with Gasteiger partial charge < -0.3 is 9.80 Å². The number of aromatic nitrogens is 1. The van der Waals surface area contributed by atoms with Crippen LogP contribution in [0.15, 0.2) is 18.3 Å². The van der Waals surface area contributed by atoms with Crippen molar-refractivity contribution in [1.82, 2.24) is 14.8 Å². The zero-order valence-corrected chi connectivity index (χ0v) is 13.7. The quantitative estimate of drug-likeness (QED) is 0.858. The molecule has 5 nitrogen and oxygen atoms in total. The lowest BCUT2D eigenvalue weighted by atomic mass is 10.00. The lowest BCUT2D eigenvalue weighted by molar-refractivity contribution is 0.0677. The van der Waals surface area contributed by atoms with Crippen LogP contribution in [0.25, 0.3) is 0 Å². The Hall–Kier alpha value is -1.91. The van der Waals surface area contributed by atoms with Crippen molar-refractivity contribution in [3.63, 3.8) is 0 Å². The zero-order chi connectivity index (χ0) is 16.1. The van der Waals surface area contributed by atoms with E-state index in [0.29, 0.717) is 30.3 Å². The first kappa shape index (κ1) is 16.5. The van der Waals surface area contributed by atoms with Gasteiger partial charge in [0, 0.05) is 37.9 Å². The third kappa shape index (κ3) is 3.64. The molecule has 0 bridgehead atoms. The van der Waals surface area contributed by atoms with Crippen molar-refractivity contribution in [2.45, 2.75) is 33.6 Å². The largest absolute Gasteiger partial charge is 0.339 e. The van der Waals surface area contributed by atoms with E-state index in [2.05, 4.69) is 11.9 Å². The molecule has 22 heavy (non-hydrogen) atoms. The summed E-state index contributed by atoms with van der Waals surface area (Å²) in [5.41, 5.74) is 0.902. The standard InChI is InChI=1S/C17H25N3O2/c1-4-19(5-2)16(21)14-8-9-18-15(11-14)17(22)20-10-6-7-13(3)12-20/h8-9,11,13H,4-7,10,12H2,1-3H3. The Balaban J connectivity index is 2.17. The highest BCUT2D eigenvalue weighted by molar-refractivity contribution is 5.98. The van der Waals surface area contributed by atoms with E-state index in [9.17, 15) is 9.59 Å². The van der Waals surface area contributed by atoms with Gasteiger partial charge in [-0.25, -0.2) is 0 Å². The average molecular weight is 303 g/mol. The van der Waals surface area contributed by atoms with Gasteiger partial charge in [-0.1, -0.05) is 6.92 Å². The maximum absolute atomic E-state index is 12.6. The van der Waals surface area contributed by atoms with Crippen LogP contribution >= 0.6 is 0 Å². The van der Waals surface area contributed by atoms with Gasteiger partial charge in [-0.05, 0) is 44.7 Å². The van der Waals surface area contributed by atoms with Crippen LogP contribution in [0.1, 0.15) is 54.5 Å². The van der Waals surface area contributed by atoms with Crippen molar-refractivity contribution in [3.8, 4) is 0 Å². The predicted molar refractivity (Wildman–Crippen MR) is 85.8 cm³/mol. The van der Waals surface area contributed by atoms with E-state index in [1.807, 2.05) is 18.7 Å². The van der Waals surface area contributed by atoms with Gasteiger partial charge in [0.1, 0.15) is 5.69 Å². The molecular formula is C17H25N3O2. The molecule has 2 heterocycles. The number of nitrogens with zero attached hydrogens (tertiary/aromatic N) is 3. The topological polar surface area (TPSA) is 53.5 Å². The first-order chi connectivity index (χ1) is 10.6. The molecule has 2 amide bonds. The van der Waals surface area contributed by atoms with Gasteiger partial charge in [0.05, 0.1) is 0 Å². The summed E-state index contributed by atoms with van der Waals surface area (Å²) in [5.74, 6) is 0.410. The van der Waals surface area contributed by atoms with Crippen LogP contribution < -0.4 is 0 Å². The second-order valence-electron chi connectivity index (χ2n) is 5.91. The van der Waals surface area contributed by atoms with Crippen molar-refractivity contribution in [2.24, 2.45) is 5.92 Å². The molecule has 1 aliphatic heterocycles. The summed E-state index contributed by atoms with van der Waals surface area (Å²) in [6.07, 6.45) is 3.75. The molecule has 1 unspecified atom stereocenters. The number of rotatable bonds is 4. The fourth-order valence-corrected chi connectivity index (χ4v) is 2.91. The number of hydrogen-bond donors (Lipinski definition) is 0. The minimum atomic E-state index is -0.0688. The van der Waals surface area contributed by atoms with E-state index in [-0.39, 0.29) is 11.8 Å². The van der Waals surface area contributed by atoms with Gasteiger partial charge >= 0.3 is 0 Å². The minimum absolute atomic E-state index is 0.0477. The maximum Gasteiger partial charge on any atom is 0.272 e. The number of likely N-dealkylation sites (tertiary alicyclic amines) is 1. The van der Waals surface area contributed by atoms with E-state index in [4.69, 9.17) is 0 Å². The molecule has 0 aromatic carbocycles. The average Bonchev–Trinajstić information content (AvgIpc) is 2.55. The molecule has 1 aromatic rings. The second-order valence-corrected chi connectivity index (χ2v) is 5.91. The van der Waals surface area contributed by atoms with Crippen molar-refractivity contribution < 1.29 is 9.59 Å². The summed E-state index contributed by atoms with van der Waals surface area (Å²) >= 11 is 0. The Morgan fingerprint density at radius 3 is 2.73 bits per heavy atom. The summed E-state index contributed by atoms with van der Waals surface area (Å²) < 4.78 is 0. The zero-order valence-electron chi connectivity index (χ0n) is 13.7. The summed E-state index contributed by atoms with van der Waals surface area (Å²) in [6.45, 7) is 8.92. The summed E-state index contributed by atoms with van der Waals surface area (Å²) in [4.78, 5) is 32.7. The summed E-state index contributed by atoms with van der Waals surface area (Å²) in [5, 5.41) is 0. The van der Waals surface area contributed by atoms with Gasteiger partial charge in [0.15, 0.2) is 0 Å². The number of pyridine rings is 1. The molecule has 1 fully saturated rings. The van der Waals surface area contributed by atoms with Crippen LogP contribution in [-0.2, 0) is 0 Å². The number of hydrogen-bond acceptors (Lipinski definition) is 3. The number of carbonyl (C=O) groups is 2. The molecule has 0 spiro atoms. The molecule has 1 atom stereocenters. The van der Waals surface area contributed by atoms with E-state index < -0.39 is 0 Å². The number of piperidine rings is 1. The van der Waals surface area contributed by atoms with Crippen molar-refractivity contribution >= 4 is 11.8 Å².